The van der Waals surface area contributed by atoms with E-state index in [-0.39, 0.29) is 6.54 Å². The molecule has 0 unspecified atom stereocenters. The zero-order valence-electron chi connectivity index (χ0n) is 14.7. The second-order valence-corrected chi connectivity index (χ2v) is 7.70. The van der Waals surface area contributed by atoms with Crippen LogP contribution in [0.5, 0.6) is 0 Å². The van der Waals surface area contributed by atoms with E-state index in [1.807, 2.05) is 13.0 Å². The standard InChI is InChI=1S/C19H17BrClN3O3/c1-11-9-12(7-8-14(11)20)22-16(25)10-24-17(26)19(2,23-18(24)27)13-5-3-4-6-15(13)21/h3-9H,10H2,1-2H3,(H,22,25)(H,23,27)/t19-/m1/s1. The van der Waals surface area contributed by atoms with Gasteiger partial charge in [-0.15, -0.1) is 0 Å². The van der Waals surface area contributed by atoms with Crippen LogP contribution in [0, 0.1) is 6.92 Å². The van der Waals surface area contributed by atoms with Gasteiger partial charge in [-0.3, -0.25) is 14.5 Å². The van der Waals surface area contributed by atoms with Crippen LogP contribution in [0.15, 0.2) is 46.9 Å². The van der Waals surface area contributed by atoms with Gasteiger partial charge < -0.3 is 10.6 Å². The monoisotopic (exact) mass is 449 g/mol. The van der Waals surface area contributed by atoms with E-state index in [9.17, 15) is 14.4 Å². The molecule has 8 heteroatoms. The first-order chi connectivity index (χ1) is 12.7. The number of rotatable bonds is 4. The molecular formula is C19H17BrClN3O3. The molecule has 3 rings (SSSR count). The molecule has 1 fully saturated rings. The molecule has 6 nitrogen and oxygen atoms in total. The maximum Gasteiger partial charge on any atom is 0.325 e. The zero-order valence-corrected chi connectivity index (χ0v) is 17.0. The highest BCUT2D eigenvalue weighted by molar-refractivity contribution is 9.10. The average molecular weight is 451 g/mol. The molecule has 0 aromatic heterocycles. The Balaban J connectivity index is 1.76. The lowest BCUT2D eigenvalue weighted by atomic mass is 9.92. The number of imide groups is 1. The van der Waals surface area contributed by atoms with Crippen molar-refractivity contribution < 1.29 is 14.4 Å². The molecule has 1 atom stereocenters. The van der Waals surface area contributed by atoms with Crippen molar-refractivity contribution in [3.8, 4) is 0 Å². The first kappa shape index (κ1) is 19.4. The van der Waals surface area contributed by atoms with Crippen molar-refractivity contribution in [3.63, 3.8) is 0 Å². The molecule has 2 aromatic rings. The molecule has 4 amide bonds. The highest BCUT2D eigenvalue weighted by Gasteiger charge is 2.50. The predicted molar refractivity (Wildman–Crippen MR) is 107 cm³/mol. The Morgan fingerprint density at radius 1 is 1.26 bits per heavy atom. The van der Waals surface area contributed by atoms with Gasteiger partial charge in [0.05, 0.1) is 0 Å². The SMILES string of the molecule is Cc1cc(NC(=O)CN2C(=O)N[C@](C)(c3ccccc3Cl)C2=O)ccc1Br. The van der Waals surface area contributed by atoms with Crippen molar-refractivity contribution in [2.75, 3.05) is 11.9 Å². The average Bonchev–Trinajstić information content (AvgIpc) is 2.82. The van der Waals surface area contributed by atoms with Crippen molar-refractivity contribution >= 4 is 51.1 Å². The van der Waals surface area contributed by atoms with Crippen molar-refractivity contribution in [2.24, 2.45) is 0 Å². The summed E-state index contributed by atoms with van der Waals surface area (Å²) in [5.74, 6) is -0.994. The van der Waals surface area contributed by atoms with E-state index >= 15 is 0 Å². The molecule has 1 aliphatic rings. The van der Waals surface area contributed by atoms with Crippen LogP contribution in [0.1, 0.15) is 18.1 Å². The summed E-state index contributed by atoms with van der Waals surface area (Å²) in [7, 11) is 0. The van der Waals surface area contributed by atoms with Gasteiger partial charge in [0.2, 0.25) is 5.91 Å². The minimum atomic E-state index is -1.32. The Bertz CT molecular complexity index is 950. The summed E-state index contributed by atoms with van der Waals surface area (Å²) in [6.07, 6.45) is 0. The van der Waals surface area contributed by atoms with E-state index in [2.05, 4.69) is 26.6 Å². The molecule has 140 valence electrons. The second kappa shape index (κ2) is 7.32. The van der Waals surface area contributed by atoms with Gasteiger partial charge >= 0.3 is 6.03 Å². The van der Waals surface area contributed by atoms with Crippen LogP contribution in [0.2, 0.25) is 5.02 Å². The Morgan fingerprint density at radius 2 is 1.96 bits per heavy atom. The van der Waals surface area contributed by atoms with E-state index in [1.165, 1.54) is 0 Å². The van der Waals surface area contributed by atoms with Gasteiger partial charge in [0.25, 0.3) is 5.91 Å². The van der Waals surface area contributed by atoms with Gasteiger partial charge in [0.1, 0.15) is 12.1 Å². The first-order valence-electron chi connectivity index (χ1n) is 8.17. The maximum absolute atomic E-state index is 12.9. The summed E-state index contributed by atoms with van der Waals surface area (Å²) in [4.78, 5) is 38.5. The molecular weight excluding hydrogens is 434 g/mol. The number of halogens is 2. The summed E-state index contributed by atoms with van der Waals surface area (Å²) in [6.45, 7) is 3.08. The maximum atomic E-state index is 12.9. The van der Waals surface area contributed by atoms with Gasteiger partial charge in [-0.05, 0) is 43.7 Å². The summed E-state index contributed by atoms with van der Waals surface area (Å²) >= 11 is 9.58. The van der Waals surface area contributed by atoms with Gasteiger partial charge in [0, 0.05) is 20.7 Å². The normalized spacial score (nSPS) is 19.2. The van der Waals surface area contributed by atoms with Gasteiger partial charge in [-0.1, -0.05) is 45.7 Å². The summed E-state index contributed by atoms with van der Waals surface area (Å²) < 4.78 is 0.921. The fourth-order valence-electron chi connectivity index (χ4n) is 2.96. The van der Waals surface area contributed by atoms with Crippen LogP contribution in [0.4, 0.5) is 10.5 Å². The van der Waals surface area contributed by atoms with Crippen LogP contribution in [0.25, 0.3) is 0 Å². The van der Waals surface area contributed by atoms with Crippen molar-refractivity contribution in [2.45, 2.75) is 19.4 Å². The van der Waals surface area contributed by atoms with E-state index in [1.54, 1.807) is 43.3 Å². The Morgan fingerprint density at radius 3 is 2.63 bits per heavy atom. The smallest absolute Gasteiger partial charge is 0.325 e. The number of hydrogen-bond acceptors (Lipinski definition) is 3. The lowest BCUT2D eigenvalue weighted by Gasteiger charge is -2.23. The van der Waals surface area contributed by atoms with Gasteiger partial charge in [0.15, 0.2) is 0 Å². The first-order valence-corrected chi connectivity index (χ1v) is 9.34. The fourth-order valence-corrected chi connectivity index (χ4v) is 3.53. The Kier molecular flexibility index (Phi) is 5.26. The zero-order chi connectivity index (χ0) is 19.8. The van der Waals surface area contributed by atoms with E-state index in [0.717, 1.165) is 14.9 Å². The second-order valence-electron chi connectivity index (χ2n) is 6.44. The lowest BCUT2D eigenvalue weighted by Crippen LogP contribution is -2.42. The largest absolute Gasteiger partial charge is 0.325 e. The van der Waals surface area contributed by atoms with Crippen molar-refractivity contribution in [3.05, 3.63) is 63.1 Å². The number of urea groups is 1. The van der Waals surface area contributed by atoms with E-state index in [0.29, 0.717) is 16.3 Å². The van der Waals surface area contributed by atoms with Crippen LogP contribution in [-0.2, 0) is 15.1 Å². The molecule has 2 N–H and O–H groups in total. The van der Waals surface area contributed by atoms with E-state index in [4.69, 9.17) is 11.6 Å². The molecule has 27 heavy (non-hydrogen) atoms. The molecule has 0 radical (unpaired) electrons. The number of nitrogens with zero attached hydrogens (tertiary/aromatic N) is 1. The molecule has 0 bridgehead atoms. The number of hydrogen-bond donors (Lipinski definition) is 2. The van der Waals surface area contributed by atoms with Crippen molar-refractivity contribution in [1.82, 2.24) is 10.2 Å². The number of benzene rings is 2. The third-order valence-corrected chi connectivity index (χ3v) is 5.65. The van der Waals surface area contributed by atoms with Gasteiger partial charge in [-0.25, -0.2) is 4.79 Å². The Labute approximate surface area is 170 Å². The molecule has 1 heterocycles. The molecule has 0 aliphatic carbocycles. The lowest BCUT2D eigenvalue weighted by molar-refractivity contribution is -0.133. The highest BCUT2D eigenvalue weighted by Crippen LogP contribution is 2.33. The fraction of sp³-hybridized carbons (Fsp3) is 0.211. The number of aryl methyl sites for hydroxylation is 1. The highest BCUT2D eigenvalue weighted by atomic mass is 79.9. The van der Waals surface area contributed by atoms with Crippen LogP contribution in [0.3, 0.4) is 0 Å². The Hall–Kier alpha value is -2.38. The number of carbonyl (C=O) groups is 3. The number of amides is 4. The minimum absolute atomic E-state index is 0.366. The molecule has 0 spiro atoms. The minimum Gasteiger partial charge on any atom is -0.325 e. The van der Waals surface area contributed by atoms with E-state index < -0.39 is 23.4 Å². The topological polar surface area (TPSA) is 78.5 Å². The number of carbonyl (C=O) groups excluding carboxylic acids is 3. The van der Waals surface area contributed by atoms with Gasteiger partial charge in [-0.2, -0.15) is 0 Å². The number of anilines is 1. The van der Waals surface area contributed by atoms with Crippen LogP contribution < -0.4 is 10.6 Å². The molecule has 1 aliphatic heterocycles. The third-order valence-electron chi connectivity index (χ3n) is 4.43. The summed E-state index contributed by atoms with van der Waals surface area (Å²) in [6, 6.07) is 11.5. The van der Waals surface area contributed by atoms with Crippen LogP contribution >= 0.6 is 27.5 Å². The molecule has 2 aromatic carbocycles. The summed E-state index contributed by atoms with van der Waals surface area (Å²) in [5.41, 5.74) is 0.705. The van der Waals surface area contributed by atoms with Crippen LogP contribution in [-0.4, -0.2) is 29.3 Å². The quantitative estimate of drug-likeness (QED) is 0.695. The number of nitrogens with one attached hydrogen (secondary N) is 2. The molecule has 1 saturated heterocycles. The third kappa shape index (κ3) is 3.70. The predicted octanol–water partition coefficient (Wildman–Crippen LogP) is 3.82. The van der Waals surface area contributed by atoms with Crippen molar-refractivity contribution in [1.29, 1.82) is 0 Å². The molecule has 0 saturated carbocycles. The summed E-state index contributed by atoms with van der Waals surface area (Å²) in [5, 5.41) is 5.70.